The summed E-state index contributed by atoms with van der Waals surface area (Å²) in [4.78, 5) is 12.7. The molecule has 24 heavy (non-hydrogen) atoms. The number of likely N-dealkylation sites (N-methyl/N-ethyl adjacent to an activating group) is 1. The number of carbonyl (C=O) groups excluding carboxylic acids is 1. The van der Waals surface area contributed by atoms with E-state index in [0.717, 1.165) is 29.7 Å². The first kappa shape index (κ1) is 18.5. The van der Waals surface area contributed by atoms with Crippen LogP contribution in [0, 0.1) is 0 Å². The molecule has 2 aromatic rings. The molecule has 0 spiro atoms. The smallest absolute Gasteiger partial charge is 0.252 e. The minimum Gasteiger partial charge on any atom is -0.390 e. The number of benzene rings is 2. The van der Waals surface area contributed by atoms with Gasteiger partial charge in [-0.1, -0.05) is 42.5 Å². The maximum absolute atomic E-state index is 12.7. The maximum Gasteiger partial charge on any atom is 0.252 e. The van der Waals surface area contributed by atoms with Crippen LogP contribution in [-0.2, 0) is 12.8 Å². The Morgan fingerprint density at radius 3 is 2.67 bits per heavy atom. The third-order valence-corrected chi connectivity index (χ3v) is 4.40. The molecule has 3 rings (SSSR count). The summed E-state index contributed by atoms with van der Waals surface area (Å²) in [5, 5.41) is 16.4. The molecule has 0 aliphatic heterocycles. The van der Waals surface area contributed by atoms with Crippen molar-refractivity contribution in [3.63, 3.8) is 0 Å². The van der Waals surface area contributed by atoms with Crippen molar-refractivity contribution in [2.45, 2.75) is 25.0 Å². The van der Waals surface area contributed by atoms with Gasteiger partial charge in [0.2, 0.25) is 0 Å². The number of carbonyl (C=O) groups is 1. The lowest BCUT2D eigenvalue weighted by Gasteiger charge is -2.19. The van der Waals surface area contributed by atoms with Gasteiger partial charge in [0.1, 0.15) is 0 Å². The van der Waals surface area contributed by atoms with E-state index in [1.54, 1.807) is 0 Å². The Morgan fingerprint density at radius 1 is 1.17 bits per heavy atom. The van der Waals surface area contributed by atoms with Crippen LogP contribution >= 0.6 is 12.4 Å². The molecular formula is C19H23ClN2O2. The molecule has 0 unspecified atom stereocenters. The van der Waals surface area contributed by atoms with Crippen molar-refractivity contribution < 1.29 is 9.90 Å². The highest BCUT2D eigenvalue weighted by atomic mass is 35.5. The largest absolute Gasteiger partial charge is 0.390 e. The van der Waals surface area contributed by atoms with E-state index in [9.17, 15) is 9.90 Å². The SMILES string of the molecule is CNCCc1ccccc1C(=O)N[C@H]1c2ccccc2C[C@H]1O.Cl. The lowest BCUT2D eigenvalue weighted by Crippen LogP contribution is -2.34. The first-order valence-corrected chi connectivity index (χ1v) is 8.00. The number of nitrogens with one attached hydrogen (secondary N) is 2. The minimum atomic E-state index is -0.569. The van der Waals surface area contributed by atoms with E-state index in [-0.39, 0.29) is 24.4 Å². The van der Waals surface area contributed by atoms with E-state index in [1.807, 2.05) is 55.6 Å². The molecule has 2 aromatic carbocycles. The van der Waals surface area contributed by atoms with E-state index >= 15 is 0 Å². The third-order valence-electron chi connectivity index (χ3n) is 4.40. The van der Waals surface area contributed by atoms with Gasteiger partial charge in [0.05, 0.1) is 12.1 Å². The molecule has 1 amide bonds. The number of aliphatic hydroxyl groups excluding tert-OH is 1. The Hall–Kier alpha value is -1.88. The molecular weight excluding hydrogens is 324 g/mol. The van der Waals surface area contributed by atoms with Crippen LogP contribution < -0.4 is 10.6 Å². The highest BCUT2D eigenvalue weighted by molar-refractivity contribution is 5.96. The van der Waals surface area contributed by atoms with Crippen molar-refractivity contribution in [3.8, 4) is 0 Å². The van der Waals surface area contributed by atoms with Gasteiger partial charge >= 0.3 is 0 Å². The van der Waals surface area contributed by atoms with Crippen LogP contribution in [0.15, 0.2) is 48.5 Å². The van der Waals surface area contributed by atoms with Gasteiger partial charge in [-0.2, -0.15) is 0 Å². The number of fused-ring (bicyclic) bond motifs is 1. The lowest BCUT2D eigenvalue weighted by molar-refractivity contribution is 0.0857. The fourth-order valence-electron chi connectivity index (χ4n) is 3.19. The van der Waals surface area contributed by atoms with Crippen LogP contribution in [-0.4, -0.2) is 30.7 Å². The van der Waals surface area contributed by atoms with E-state index in [1.165, 1.54) is 0 Å². The predicted octanol–water partition coefficient (Wildman–Crippen LogP) is 2.26. The summed E-state index contributed by atoms with van der Waals surface area (Å²) < 4.78 is 0. The summed E-state index contributed by atoms with van der Waals surface area (Å²) in [5.41, 5.74) is 3.81. The molecule has 1 aliphatic rings. The first-order valence-electron chi connectivity index (χ1n) is 8.00. The molecule has 5 heteroatoms. The quantitative estimate of drug-likeness (QED) is 0.778. The van der Waals surface area contributed by atoms with Gasteiger partial charge in [-0.05, 0) is 42.8 Å². The van der Waals surface area contributed by atoms with Crippen LogP contribution in [0.25, 0.3) is 0 Å². The average Bonchev–Trinajstić information content (AvgIpc) is 2.89. The van der Waals surface area contributed by atoms with Gasteiger partial charge in [-0.15, -0.1) is 12.4 Å². The monoisotopic (exact) mass is 346 g/mol. The average molecular weight is 347 g/mol. The second-order valence-corrected chi connectivity index (χ2v) is 5.93. The van der Waals surface area contributed by atoms with Gasteiger partial charge in [0, 0.05) is 12.0 Å². The molecule has 0 fully saturated rings. The normalized spacial score (nSPS) is 18.6. The zero-order valence-electron chi connectivity index (χ0n) is 13.7. The zero-order chi connectivity index (χ0) is 16.2. The Labute approximate surface area is 148 Å². The number of halogens is 1. The van der Waals surface area contributed by atoms with E-state index in [0.29, 0.717) is 12.0 Å². The number of hydrogen-bond donors (Lipinski definition) is 3. The van der Waals surface area contributed by atoms with Gasteiger partial charge in [-0.25, -0.2) is 0 Å². The molecule has 0 saturated heterocycles. The number of hydrogen-bond acceptors (Lipinski definition) is 3. The Morgan fingerprint density at radius 2 is 1.88 bits per heavy atom. The Balaban J connectivity index is 0.00000208. The van der Waals surface area contributed by atoms with Gasteiger partial charge in [0.25, 0.3) is 5.91 Å². The Kier molecular flexibility index (Phi) is 6.37. The molecule has 0 saturated carbocycles. The number of rotatable bonds is 5. The molecule has 128 valence electrons. The summed E-state index contributed by atoms with van der Waals surface area (Å²) >= 11 is 0. The topological polar surface area (TPSA) is 61.4 Å². The molecule has 0 radical (unpaired) electrons. The summed E-state index contributed by atoms with van der Waals surface area (Å²) in [6, 6.07) is 15.2. The second-order valence-electron chi connectivity index (χ2n) is 5.93. The first-order chi connectivity index (χ1) is 11.2. The number of amides is 1. The van der Waals surface area contributed by atoms with Crippen LogP contribution in [0.3, 0.4) is 0 Å². The molecule has 4 nitrogen and oxygen atoms in total. The van der Waals surface area contributed by atoms with Crippen molar-refractivity contribution in [1.82, 2.24) is 10.6 Å². The van der Waals surface area contributed by atoms with Crippen molar-refractivity contribution >= 4 is 18.3 Å². The van der Waals surface area contributed by atoms with E-state index in [2.05, 4.69) is 10.6 Å². The summed E-state index contributed by atoms with van der Waals surface area (Å²) in [6.45, 7) is 0.819. The van der Waals surface area contributed by atoms with E-state index < -0.39 is 6.10 Å². The zero-order valence-corrected chi connectivity index (χ0v) is 14.5. The second kappa shape index (κ2) is 8.29. The number of aliphatic hydroxyl groups is 1. The summed E-state index contributed by atoms with van der Waals surface area (Å²) in [5.74, 6) is -0.127. The van der Waals surface area contributed by atoms with Crippen molar-refractivity contribution in [2.24, 2.45) is 0 Å². The standard InChI is InChI=1S/C19H22N2O2.ClH/c1-20-11-10-13-6-2-5-9-16(13)19(23)21-18-15-8-4-3-7-14(15)12-17(18)22;/h2-9,17-18,20,22H,10-12H2,1H3,(H,21,23);1H/t17-,18+;/m1./s1. The van der Waals surface area contributed by atoms with Crippen molar-refractivity contribution in [2.75, 3.05) is 13.6 Å². The van der Waals surface area contributed by atoms with Crippen LogP contribution in [0.2, 0.25) is 0 Å². The maximum atomic E-state index is 12.7. The molecule has 1 aliphatic carbocycles. The van der Waals surface area contributed by atoms with Crippen LogP contribution in [0.1, 0.15) is 33.1 Å². The fraction of sp³-hybridized carbons (Fsp3) is 0.316. The molecule has 2 atom stereocenters. The summed E-state index contributed by atoms with van der Waals surface area (Å²) in [7, 11) is 1.90. The highest BCUT2D eigenvalue weighted by Gasteiger charge is 2.32. The van der Waals surface area contributed by atoms with Crippen molar-refractivity contribution in [3.05, 3.63) is 70.8 Å². The predicted molar refractivity (Wildman–Crippen MR) is 97.7 cm³/mol. The fourth-order valence-corrected chi connectivity index (χ4v) is 3.19. The minimum absolute atomic E-state index is 0. The van der Waals surface area contributed by atoms with E-state index in [4.69, 9.17) is 0 Å². The van der Waals surface area contributed by atoms with Crippen LogP contribution in [0.5, 0.6) is 0 Å². The lowest BCUT2D eigenvalue weighted by atomic mass is 10.0. The highest BCUT2D eigenvalue weighted by Crippen LogP contribution is 2.31. The summed E-state index contributed by atoms with van der Waals surface area (Å²) in [6.07, 6.45) is 0.813. The van der Waals surface area contributed by atoms with Gasteiger partial charge in [-0.3, -0.25) is 4.79 Å². The third kappa shape index (κ3) is 3.78. The molecule has 3 N–H and O–H groups in total. The van der Waals surface area contributed by atoms with Crippen LogP contribution in [0.4, 0.5) is 0 Å². The van der Waals surface area contributed by atoms with Crippen molar-refractivity contribution in [1.29, 1.82) is 0 Å². The molecule has 0 aromatic heterocycles. The van der Waals surface area contributed by atoms with Gasteiger partial charge in [0.15, 0.2) is 0 Å². The molecule has 0 bridgehead atoms. The van der Waals surface area contributed by atoms with Gasteiger partial charge < -0.3 is 15.7 Å². The molecule has 0 heterocycles. The Bertz CT molecular complexity index is 705.